The zero-order valence-electron chi connectivity index (χ0n) is 14.6. The minimum atomic E-state index is -0.573. The standard InChI is InChI=1S/C19H28N2O2.ClH/c1-3-5-12-21(13-6-4-2)14-18(23)15-10-11-20-19-16(15)8-7-9-17(19)22;/h7-11,18,22-23H,3-6,12-14H2,1-2H3;1H. The van der Waals surface area contributed by atoms with Crippen molar-refractivity contribution in [1.82, 2.24) is 9.88 Å². The first-order chi connectivity index (χ1) is 11.2. The number of phenolic OH excluding ortho intramolecular Hbond substituents is 1. The Hall–Kier alpha value is -1.36. The molecule has 134 valence electrons. The maximum absolute atomic E-state index is 10.7. The zero-order valence-corrected chi connectivity index (χ0v) is 15.4. The lowest BCUT2D eigenvalue weighted by Gasteiger charge is -2.25. The first-order valence-corrected chi connectivity index (χ1v) is 8.64. The van der Waals surface area contributed by atoms with Gasteiger partial charge in [-0.15, -0.1) is 12.4 Å². The Morgan fingerprint density at radius 3 is 2.38 bits per heavy atom. The first kappa shape index (κ1) is 20.7. The Bertz CT molecular complexity index is 613. The second-order valence-electron chi connectivity index (χ2n) is 6.10. The molecule has 4 nitrogen and oxygen atoms in total. The number of para-hydroxylation sites is 1. The van der Waals surface area contributed by atoms with Gasteiger partial charge in [-0.3, -0.25) is 4.98 Å². The molecule has 0 bridgehead atoms. The number of aliphatic hydroxyl groups is 1. The lowest BCUT2D eigenvalue weighted by Crippen LogP contribution is -2.30. The van der Waals surface area contributed by atoms with Crippen LogP contribution < -0.4 is 0 Å². The second kappa shape index (κ2) is 10.5. The molecule has 0 radical (unpaired) electrons. The molecule has 2 N–H and O–H groups in total. The van der Waals surface area contributed by atoms with Crippen LogP contribution >= 0.6 is 12.4 Å². The summed E-state index contributed by atoms with van der Waals surface area (Å²) in [6.45, 7) is 7.03. The number of pyridine rings is 1. The van der Waals surface area contributed by atoms with Gasteiger partial charge in [-0.2, -0.15) is 0 Å². The summed E-state index contributed by atoms with van der Waals surface area (Å²) in [6.07, 6.45) is 5.69. The Kier molecular flexibility index (Phi) is 9.04. The van der Waals surface area contributed by atoms with Crippen molar-refractivity contribution >= 4 is 23.3 Å². The lowest BCUT2D eigenvalue weighted by atomic mass is 10.0. The van der Waals surface area contributed by atoms with Crippen molar-refractivity contribution in [3.05, 3.63) is 36.0 Å². The highest BCUT2D eigenvalue weighted by atomic mass is 35.5. The largest absolute Gasteiger partial charge is 0.506 e. The number of halogens is 1. The molecule has 0 fully saturated rings. The number of aromatic nitrogens is 1. The molecule has 2 rings (SSSR count). The molecule has 2 aromatic rings. The van der Waals surface area contributed by atoms with E-state index in [1.165, 1.54) is 0 Å². The van der Waals surface area contributed by atoms with Crippen LogP contribution in [0.5, 0.6) is 5.75 Å². The van der Waals surface area contributed by atoms with E-state index in [0.717, 1.165) is 49.7 Å². The molecule has 5 heteroatoms. The van der Waals surface area contributed by atoms with Gasteiger partial charge in [0.05, 0.1) is 6.10 Å². The molecule has 0 spiro atoms. The summed E-state index contributed by atoms with van der Waals surface area (Å²) in [5.74, 6) is 0.158. The average Bonchev–Trinajstić information content (AvgIpc) is 2.57. The van der Waals surface area contributed by atoms with E-state index in [9.17, 15) is 10.2 Å². The molecular weight excluding hydrogens is 324 g/mol. The maximum Gasteiger partial charge on any atom is 0.141 e. The van der Waals surface area contributed by atoms with Crippen molar-refractivity contribution in [1.29, 1.82) is 0 Å². The van der Waals surface area contributed by atoms with Crippen molar-refractivity contribution < 1.29 is 10.2 Å². The van der Waals surface area contributed by atoms with E-state index in [1.54, 1.807) is 18.3 Å². The van der Waals surface area contributed by atoms with Crippen LogP contribution in [0.3, 0.4) is 0 Å². The number of rotatable bonds is 9. The van der Waals surface area contributed by atoms with Crippen LogP contribution in [0.1, 0.15) is 51.2 Å². The molecule has 1 unspecified atom stereocenters. The van der Waals surface area contributed by atoms with Crippen LogP contribution in [0, 0.1) is 0 Å². The summed E-state index contributed by atoms with van der Waals surface area (Å²) < 4.78 is 0. The van der Waals surface area contributed by atoms with Crippen LogP contribution in [0.2, 0.25) is 0 Å². The fourth-order valence-corrected chi connectivity index (χ4v) is 2.87. The van der Waals surface area contributed by atoms with Gasteiger partial charge in [-0.25, -0.2) is 0 Å². The van der Waals surface area contributed by atoms with E-state index < -0.39 is 6.10 Å². The molecule has 0 aliphatic carbocycles. The topological polar surface area (TPSA) is 56.6 Å². The summed E-state index contributed by atoms with van der Waals surface area (Å²) in [7, 11) is 0. The van der Waals surface area contributed by atoms with Crippen molar-refractivity contribution in [3.63, 3.8) is 0 Å². The molecule has 0 aliphatic rings. The van der Waals surface area contributed by atoms with Gasteiger partial charge in [-0.1, -0.05) is 38.8 Å². The Balaban J connectivity index is 0.00000288. The van der Waals surface area contributed by atoms with E-state index in [-0.39, 0.29) is 18.2 Å². The number of hydrogen-bond donors (Lipinski definition) is 2. The van der Waals surface area contributed by atoms with E-state index in [2.05, 4.69) is 23.7 Å². The Morgan fingerprint density at radius 1 is 1.08 bits per heavy atom. The molecule has 0 amide bonds. The van der Waals surface area contributed by atoms with Gasteiger partial charge in [0.1, 0.15) is 11.3 Å². The Morgan fingerprint density at radius 2 is 1.75 bits per heavy atom. The van der Waals surface area contributed by atoms with Gasteiger partial charge >= 0.3 is 0 Å². The van der Waals surface area contributed by atoms with E-state index in [4.69, 9.17) is 0 Å². The molecule has 1 heterocycles. The first-order valence-electron chi connectivity index (χ1n) is 8.64. The lowest BCUT2D eigenvalue weighted by molar-refractivity contribution is 0.112. The number of phenols is 1. The van der Waals surface area contributed by atoms with Crippen LogP contribution in [0.15, 0.2) is 30.5 Å². The van der Waals surface area contributed by atoms with Crippen molar-refractivity contribution in [2.24, 2.45) is 0 Å². The van der Waals surface area contributed by atoms with E-state index >= 15 is 0 Å². The van der Waals surface area contributed by atoms with Crippen LogP contribution in [0.25, 0.3) is 10.9 Å². The van der Waals surface area contributed by atoms with Gasteiger partial charge in [0.15, 0.2) is 0 Å². The third-order valence-corrected chi connectivity index (χ3v) is 4.23. The molecule has 1 aromatic carbocycles. The minimum Gasteiger partial charge on any atom is -0.506 e. The maximum atomic E-state index is 10.7. The normalized spacial score (nSPS) is 12.3. The number of hydrogen-bond acceptors (Lipinski definition) is 4. The van der Waals surface area contributed by atoms with E-state index in [0.29, 0.717) is 12.1 Å². The molecule has 0 aliphatic heterocycles. The molecule has 0 saturated heterocycles. The van der Waals surface area contributed by atoms with Crippen LogP contribution in [0.4, 0.5) is 0 Å². The number of aliphatic hydroxyl groups excluding tert-OH is 1. The van der Waals surface area contributed by atoms with Gasteiger partial charge in [-0.05, 0) is 43.6 Å². The number of unbranched alkanes of at least 4 members (excludes halogenated alkanes) is 2. The summed E-state index contributed by atoms with van der Waals surface area (Å²) >= 11 is 0. The third-order valence-electron chi connectivity index (χ3n) is 4.23. The fourth-order valence-electron chi connectivity index (χ4n) is 2.87. The highest BCUT2D eigenvalue weighted by Crippen LogP contribution is 2.28. The average molecular weight is 353 g/mol. The third kappa shape index (κ3) is 5.33. The number of aromatic hydroxyl groups is 1. The van der Waals surface area contributed by atoms with Gasteiger partial charge in [0, 0.05) is 18.1 Å². The summed E-state index contributed by atoms with van der Waals surface area (Å²) in [6, 6.07) is 7.18. The Labute approximate surface area is 150 Å². The molecule has 0 saturated carbocycles. The van der Waals surface area contributed by atoms with Gasteiger partial charge < -0.3 is 15.1 Å². The number of benzene rings is 1. The smallest absolute Gasteiger partial charge is 0.141 e. The van der Waals surface area contributed by atoms with E-state index in [1.807, 2.05) is 12.1 Å². The quantitative estimate of drug-likeness (QED) is 0.706. The van der Waals surface area contributed by atoms with Crippen molar-refractivity contribution in [2.45, 2.75) is 45.6 Å². The highest BCUT2D eigenvalue weighted by molar-refractivity contribution is 5.87. The van der Waals surface area contributed by atoms with Gasteiger partial charge in [0.2, 0.25) is 0 Å². The van der Waals surface area contributed by atoms with Gasteiger partial charge in [0.25, 0.3) is 0 Å². The zero-order chi connectivity index (χ0) is 16.7. The van der Waals surface area contributed by atoms with Crippen molar-refractivity contribution in [2.75, 3.05) is 19.6 Å². The number of fused-ring (bicyclic) bond motifs is 1. The molecule has 1 atom stereocenters. The van der Waals surface area contributed by atoms with Crippen LogP contribution in [-0.2, 0) is 0 Å². The molecule has 24 heavy (non-hydrogen) atoms. The summed E-state index contributed by atoms with van der Waals surface area (Å²) in [5, 5.41) is 21.5. The minimum absolute atomic E-state index is 0. The molecule has 1 aromatic heterocycles. The van der Waals surface area contributed by atoms with Crippen LogP contribution in [-0.4, -0.2) is 39.7 Å². The molecular formula is C19H29ClN2O2. The number of nitrogens with zero attached hydrogens (tertiary/aromatic N) is 2. The predicted molar refractivity (Wildman–Crippen MR) is 102 cm³/mol. The predicted octanol–water partition coefficient (Wildman–Crippen LogP) is 4.30. The summed E-state index contributed by atoms with van der Waals surface area (Å²) in [5.41, 5.74) is 1.39. The van der Waals surface area contributed by atoms with Crippen molar-refractivity contribution in [3.8, 4) is 5.75 Å². The SMILES string of the molecule is CCCCN(CCCC)CC(O)c1ccnc2c(O)cccc12.Cl. The summed E-state index contributed by atoms with van der Waals surface area (Å²) in [4.78, 5) is 6.57. The monoisotopic (exact) mass is 352 g/mol. The second-order valence-corrected chi connectivity index (χ2v) is 6.10. The highest BCUT2D eigenvalue weighted by Gasteiger charge is 2.16. The fraction of sp³-hybridized carbons (Fsp3) is 0.526.